The average molecular weight is 385 g/mol. The lowest BCUT2D eigenvalue weighted by Crippen LogP contribution is -2.40. The van der Waals surface area contributed by atoms with Gasteiger partial charge in [-0.05, 0) is 18.1 Å². The van der Waals surface area contributed by atoms with E-state index in [-0.39, 0.29) is 5.97 Å². The lowest BCUT2D eigenvalue weighted by atomic mass is 10.1. The molecule has 0 amide bonds. The summed E-state index contributed by atoms with van der Waals surface area (Å²) in [7, 11) is -0.800. The molecule has 0 saturated heterocycles. The monoisotopic (exact) mass is 384 g/mol. The molecule has 0 N–H and O–H groups in total. The second-order valence-corrected chi connectivity index (χ2v) is 11.3. The largest absolute Gasteiger partial charge is 0.516 e. The van der Waals surface area contributed by atoms with Gasteiger partial charge in [0.05, 0.1) is 7.11 Å². The first-order valence-corrected chi connectivity index (χ1v) is 13.1. The Morgan fingerprint density at radius 1 is 0.692 bits per heavy atom. The quantitative estimate of drug-likeness (QED) is 0.138. The van der Waals surface area contributed by atoms with Crippen LogP contribution in [0.25, 0.3) is 0 Å². The van der Waals surface area contributed by atoms with Gasteiger partial charge in [0, 0.05) is 12.2 Å². The minimum atomic E-state index is -2.10. The number of hydrogen-bond donors (Lipinski definition) is 0. The Morgan fingerprint density at radius 2 is 1.15 bits per heavy atom. The molecule has 0 aliphatic rings. The molecule has 0 saturated carbocycles. The fourth-order valence-electron chi connectivity index (χ4n) is 3.21. The Balaban J connectivity index is 4.86. The molecule has 0 aliphatic carbocycles. The van der Waals surface area contributed by atoms with E-state index in [9.17, 15) is 9.59 Å². The van der Waals surface area contributed by atoms with Crippen LogP contribution in [0.3, 0.4) is 0 Å². The molecule has 0 aromatic rings. The Labute approximate surface area is 161 Å². The second kappa shape index (κ2) is 16.1. The fraction of sp³-hybridized carbons (Fsp3) is 0.810. The summed E-state index contributed by atoms with van der Waals surface area (Å²) in [5, 5.41) is 0. The van der Waals surface area contributed by atoms with Gasteiger partial charge in [-0.3, -0.25) is 0 Å². The number of ether oxygens (including phenoxy) is 1. The number of carbonyl (C=O) groups is 2. The summed E-state index contributed by atoms with van der Waals surface area (Å²) in [6.45, 7) is 6.60. The van der Waals surface area contributed by atoms with Crippen LogP contribution in [0.15, 0.2) is 12.2 Å². The standard InChI is InChI=1S/C21H40O4Si/c1-5-8-11-12-13-14-19-26(17-9-6-2,18-10-7-3)25-21(23)16-15-20(22)24-4/h15-16H,5-14,17-19H2,1-4H3. The number of hydrogen-bond acceptors (Lipinski definition) is 4. The first-order chi connectivity index (χ1) is 12.5. The van der Waals surface area contributed by atoms with Crippen molar-refractivity contribution in [2.75, 3.05) is 7.11 Å². The Morgan fingerprint density at radius 3 is 1.69 bits per heavy atom. The summed E-state index contributed by atoms with van der Waals surface area (Å²) in [5.74, 6) is -0.896. The van der Waals surface area contributed by atoms with Crippen LogP contribution < -0.4 is 0 Å². The van der Waals surface area contributed by atoms with Crippen molar-refractivity contribution < 1.29 is 18.8 Å². The van der Waals surface area contributed by atoms with Crippen LogP contribution in [0.5, 0.6) is 0 Å². The van der Waals surface area contributed by atoms with Gasteiger partial charge >= 0.3 is 11.9 Å². The lowest BCUT2D eigenvalue weighted by Gasteiger charge is -2.31. The summed E-state index contributed by atoms with van der Waals surface area (Å²) in [6, 6.07) is 3.13. The van der Waals surface area contributed by atoms with Crippen LogP contribution in [-0.2, 0) is 18.8 Å². The second-order valence-electron chi connectivity index (χ2n) is 7.19. The maximum atomic E-state index is 12.3. The highest BCUT2D eigenvalue weighted by atomic mass is 28.4. The molecule has 0 aliphatic heterocycles. The van der Waals surface area contributed by atoms with Crippen LogP contribution >= 0.6 is 0 Å². The van der Waals surface area contributed by atoms with E-state index in [2.05, 4.69) is 25.5 Å². The third-order valence-electron chi connectivity index (χ3n) is 4.83. The first kappa shape index (κ1) is 24.9. The van der Waals surface area contributed by atoms with Gasteiger partial charge < -0.3 is 9.16 Å². The molecule has 0 fully saturated rings. The Bertz CT molecular complexity index is 399. The smallest absolute Gasteiger partial charge is 0.330 e. The molecule has 0 unspecified atom stereocenters. The van der Waals surface area contributed by atoms with Crippen LogP contribution in [0.1, 0.15) is 85.0 Å². The van der Waals surface area contributed by atoms with Crippen LogP contribution in [-0.4, -0.2) is 27.4 Å². The molecule has 0 aromatic carbocycles. The number of methoxy groups -OCH3 is 1. The van der Waals surface area contributed by atoms with E-state index in [0.717, 1.165) is 56.3 Å². The highest BCUT2D eigenvalue weighted by Gasteiger charge is 2.36. The molecule has 0 rings (SSSR count). The van der Waals surface area contributed by atoms with E-state index in [0.29, 0.717) is 0 Å². The summed E-state index contributed by atoms with van der Waals surface area (Å²) >= 11 is 0. The molecule has 0 spiro atoms. The van der Waals surface area contributed by atoms with Crippen molar-refractivity contribution in [3.8, 4) is 0 Å². The number of esters is 1. The maximum Gasteiger partial charge on any atom is 0.330 e. The average Bonchev–Trinajstić information content (AvgIpc) is 2.65. The molecular formula is C21H40O4Si. The van der Waals surface area contributed by atoms with Gasteiger partial charge in [-0.15, -0.1) is 0 Å². The van der Waals surface area contributed by atoms with Crippen molar-refractivity contribution in [1.82, 2.24) is 0 Å². The molecular weight excluding hydrogens is 344 g/mol. The zero-order chi connectivity index (χ0) is 19.7. The van der Waals surface area contributed by atoms with E-state index < -0.39 is 14.3 Å². The van der Waals surface area contributed by atoms with E-state index in [1.54, 1.807) is 0 Å². The van der Waals surface area contributed by atoms with Gasteiger partial charge in [0.1, 0.15) is 0 Å². The summed E-state index contributed by atoms with van der Waals surface area (Å²) in [6.07, 6.45) is 14.4. The molecule has 5 heteroatoms. The molecule has 0 heterocycles. The van der Waals surface area contributed by atoms with Crippen molar-refractivity contribution in [3.05, 3.63) is 12.2 Å². The molecule has 0 aromatic heterocycles. The van der Waals surface area contributed by atoms with Gasteiger partial charge in [-0.25, -0.2) is 9.59 Å². The topological polar surface area (TPSA) is 52.6 Å². The van der Waals surface area contributed by atoms with Crippen LogP contribution in [0.2, 0.25) is 18.1 Å². The summed E-state index contributed by atoms with van der Waals surface area (Å²) in [5.41, 5.74) is 0. The van der Waals surface area contributed by atoms with E-state index in [4.69, 9.17) is 4.43 Å². The van der Waals surface area contributed by atoms with Crippen LogP contribution in [0, 0.1) is 0 Å². The Hall–Kier alpha value is -1.10. The van der Waals surface area contributed by atoms with Crippen molar-refractivity contribution in [2.24, 2.45) is 0 Å². The maximum absolute atomic E-state index is 12.3. The minimum Gasteiger partial charge on any atom is -0.516 e. The van der Waals surface area contributed by atoms with Crippen LogP contribution in [0.4, 0.5) is 0 Å². The Kier molecular flexibility index (Phi) is 15.4. The molecule has 26 heavy (non-hydrogen) atoms. The lowest BCUT2D eigenvalue weighted by molar-refractivity contribution is -0.136. The van der Waals surface area contributed by atoms with Gasteiger partial charge in [0.15, 0.2) is 0 Å². The third-order valence-corrected chi connectivity index (χ3v) is 9.26. The van der Waals surface area contributed by atoms with Gasteiger partial charge in [-0.1, -0.05) is 85.0 Å². The summed E-state index contributed by atoms with van der Waals surface area (Å²) < 4.78 is 10.6. The molecule has 152 valence electrons. The van der Waals surface area contributed by atoms with Gasteiger partial charge in [0.25, 0.3) is 8.32 Å². The zero-order valence-corrected chi connectivity index (χ0v) is 18.5. The third kappa shape index (κ3) is 12.3. The van der Waals surface area contributed by atoms with E-state index >= 15 is 0 Å². The van der Waals surface area contributed by atoms with E-state index in [1.165, 1.54) is 45.3 Å². The molecule has 4 nitrogen and oxygen atoms in total. The number of unbranched alkanes of at least 4 members (excludes halogenated alkanes) is 7. The van der Waals surface area contributed by atoms with Crippen molar-refractivity contribution in [2.45, 2.75) is 103 Å². The summed E-state index contributed by atoms with van der Waals surface area (Å²) in [4.78, 5) is 23.5. The van der Waals surface area contributed by atoms with Crippen molar-refractivity contribution in [1.29, 1.82) is 0 Å². The van der Waals surface area contributed by atoms with Crippen molar-refractivity contribution >= 4 is 20.3 Å². The number of rotatable bonds is 16. The molecule has 0 bridgehead atoms. The first-order valence-electron chi connectivity index (χ1n) is 10.5. The number of carbonyl (C=O) groups excluding carboxylic acids is 2. The van der Waals surface area contributed by atoms with Gasteiger partial charge in [-0.2, -0.15) is 0 Å². The molecule has 0 radical (unpaired) electrons. The normalized spacial score (nSPS) is 11.7. The highest BCUT2D eigenvalue weighted by molar-refractivity contribution is 6.75. The predicted octanol–water partition coefficient (Wildman–Crippen LogP) is 6.17. The highest BCUT2D eigenvalue weighted by Crippen LogP contribution is 2.30. The SMILES string of the molecule is CCCCCCCC[Si](CCCC)(CCCC)OC(=O)C=CC(=O)OC. The predicted molar refractivity (Wildman–Crippen MR) is 111 cm³/mol. The molecule has 0 atom stereocenters. The van der Waals surface area contributed by atoms with Gasteiger partial charge in [0.2, 0.25) is 0 Å². The minimum absolute atomic E-state index is 0.375. The zero-order valence-electron chi connectivity index (χ0n) is 17.5. The van der Waals surface area contributed by atoms with Crippen molar-refractivity contribution in [3.63, 3.8) is 0 Å². The fourth-order valence-corrected chi connectivity index (χ4v) is 7.65. The van der Waals surface area contributed by atoms with E-state index in [1.807, 2.05) is 0 Å².